The molecule has 1 aromatic heterocycles. The lowest BCUT2D eigenvalue weighted by molar-refractivity contribution is -0.129. The fourth-order valence-electron chi connectivity index (χ4n) is 4.46. The zero-order chi connectivity index (χ0) is 18.8. The summed E-state index contributed by atoms with van der Waals surface area (Å²) in [5, 5.41) is 0. The molecule has 4 heterocycles. The third-order valence-electron chi connectivity index (χ3n) is 6.01. The average Bonchev–Trinajstić information content (AvgIpc) is 2.96. The van der Waals surface area contributed by atoms with Gasteiger partial charge in [0.1, 0.15) is 11.6 Å². The van der Waals surface area contributed by atoms with Crippen LogP contribution >= 0.6 is 0 Å². The lowest BCUT2D eigenvalue weighted by Crippen LogP contribution is -2.38. The predicted molar refractivity (Wildman–Crippen MR) is 104 cm³/mol. The molecule has 1 atom stereocenters. The SMILES string of the molecule is CC(=O)N1CCc2nc([C@@H]3CCCN(C)C3)nc(N3CCCOCC3)c2C1. The fraction of sp³-hybridized carbons (Fsp3) is 0.750. The van der Waals surface area contributed by atoms with E-state index in [2.05, 4.69) is 16.8 Å². The zero-order valence-corrected chi connectivity index (χ0v) is 16.6. The van der Waals surface area contributed by atoms with Crippen LogP contribution in [0.2, 0.25) is 0 Å². The van der Waals surface area contributed by atoms with Crippen molar-refractivity contribution in [3.63, 3.8) is 0 Å². The van der Waals surface area contributed by atoms with Gasteiger partial charge in [-0.05, 0) is 32.9 Å². The molecule has 2 saturated heterocycles. The van der Waals surface area contributed by atoms with Crippen LogP contribution in [0, 0.1) is 0 Å². The van der Waals surface area contributed by atoms with Crippen molar-refractivity contribution in [1.82, 2.24) is 19.8 Å². The van der Waals surface area contributed by atoms with Crippen LogP contribution in [0.4, 0.5) is 5.82 Å². The highest BCUT2D eigenvalue weighted by Gasteiger charge is 2.29. The van der Waals surface area contributed by atoms with Crippen molar-refractivity contribution >= 4 is 11.7 Å². The van der Waals surface area contributed by atoms with Crippen LogP contribution in [0.1, 0.15) is 49.2 Å². The maximum atomic E-state index is 11.9. The zero-order valence-electron chi connectivity index (χ0n) is 16.6. The number of amides is 1. The molecule has 3 aliphatic rings. The van der Waals surface area contributed by atoms with Crippen LogP contribution in [0.3, 0.4) is 0 Å². The molecule has 0 aromatic carbocycles. The molecule has 2 fully saturated rings. The Morgan fingerprint density at radius 3 is 2.81 bits per heavy atom. The molecule has 7 nitrogen and oxygen atoms in total. The van der Waals surface area contributed by atoms with E-state index in [1.54, 1.807) is 6.92 Å². The number of likely N-dealkylation sites (tertiary alicyclic amines) is 1. The second-order valence-electron chi connectivity index (χ2n) is 8.08. The third-order valence-corrected chi connectivity index (χ3v) is 6.01. The minimum Gasteiger partial charge on any atom is -0.380 e. The summed E-state index contributed by atoms with van der Waals surface area (Å²) < 4.78 is 5.65. The normalized spacial score (nSPS) is 24.4. The number of fused-ring (bicyclic) bond motifs is 1. The second kappa shape index (κ2) is 8.10. The molecule has 1 amide bonds. The van der Waals surface area contributed by atoms with Gasteiger partial charge in [0.25, 0.3) is 0 Å². The Kier molecular flexibility index (Phi) is 5.59. The summed E-state index contributed by atoms with van der Waals surface area (Å²) in [5.74, 6) is 2.57. The smallest absolute Gasteiger partial charge is 0.219 e. The Morgan fingerprint density at radius 1 is 1.11 bits per heavy atom. The quantitative estimate of drug-likeness (QED) is 0.781. The van der Waals surface area contributed by atoms with Gasteiger partial charge in [0, 0.05) is 57.6 Å². The summed E-state index contributed by atoms with van der Waals surface area (Å²) in [6.45, 7) is 8.57. The number of anilines is 1. The van der Waals surface area contributed by atoms with Gasteiger partial charge in [0.15, 0.2) is 0 Å². The molecule has 0 unspecified atom stereocenters. The van der Waals surface area contributed by atoms with E-state index in [1.165, 1.54) is 6.42 Å². The minimum absolute atomic E-state index is 0.129. The Morgan fingerprint density at radius 2 is 2.00 bits per heavy atom. The van der Waals surface area contributed by atoms with Gasteiger partial charge in [-0.3, -0.25) is 4.79 Å². The monoisotopic (exact) mass is 373 g/mol. The number of ether oxygens (including phenoxy) is 1. The van der Waals surface area contributed by atoms with Crippen LogP contribution in [0.15, 0.2) is 0 Å². The van der Waals surface area contributed by atoms with Gasteiger partial charge < -0.3 is 19.4 Å². The van der Waals surface area contributed by atoms with Crippen molar-refractivity contribution in [1.29, 1.82) is 0 Å². The summed E-state index contributed by atoms with van der Waals surface area (Å²) >= 11 is 0. The Hall–Kier alpha value is -1.73. The van der Waals surface area contributed by atoms with E-state index in [0.29, 0.717) is 12.5 Å². The first kappa shape index (κ1) is 18.6. The van der Waals surface area contributed by atoms with Crippen molar-refractivity contribution in [3.8, 4) is 0 Å². The van der Waals surface area contributed by atoms with Gasteiger partial charge in [-0.2, -0.15) is 0 Å². The van der Waals surface area contributed by atoms with Crippen molar-refractivity contribution in [2.45, 2.75) is 45.1 Å². The van der Waals surface area contributed by atoms with Crippen LogP contribution in [-0.2, 0) is 22.5 Å². The first-order valence-electron chi connectivity index (χ1n) is 10.3. The van der Waals surface area contributed by atoms with Crippen LogP contribution < -0.4 is 4.90 Å². The van der Waals surface area contributed by atoms with E-state index < -0.39 is 0 Å². The topological polar surface area (TPSA) is 61.8 Å². The summed E-state index contributed by atoms with van der Waals surface area (Å²) in [6.07, 6.45) is 4.19. The molecule has 0 aliphatic carbocycles. The number of nitrogens with zero attached hydrogens (tertiary/aromatic N) is 5. The van der Waals surface area contributed by atoms with Gasteiger partial charge >= 0.3 is 0 Å². The summed E-state index contributed by atoms with van der Waals surface area (Å²) in [5.41, 5.74) is 2.29. The first-order valence-corrected chi connectivity index (χ1v) is 10.3. The highest BCUT2D eigenvalue weighted by Crippen LogP contribution is 2.31. The summed E-state index contributed by atoms with van der Waals surface area (Å²) in [4.78, 5) is 28.7. The number of hydrogen-bond acceptors (Lipinski definition) is 6. The molecular formula is C20H31N5O2. The van der Waals surface area contributed by atoms with Crippen molar-refractivity contribution in [2.75, 3.05) is 57.9 Å². The lowest BCUT2D eigenvalue weighted by atomic mass is 9.96. The van der Waals surface area contributed by atoms with Gasteiger partial charge in [-0.15, -0.1) is 0 Å². The molecule has 0 saturated carbocycles. The van der Waals surface area contributed by atoms with Crippen LogP contribution in [0.5, 0.6) is 0 Å². The molecule has 0 N–H and O–H groups in total. The van der Waals surface area contributed by atoms with Crippen molar-refractivity contribution < 1.29 is 9.53 Å². The number of hydrogen-bond donors (Lipinski definition) is 0. The highest BCUT2D eigenvalue weighted by atomic mass is 16.5. The van der Waals surface area contributed by atoms with Crippen molar-refractivity contribution in [3.05, 3.63) is 17.1 Å². The molecule has 4 rings (SSSR count). The third kappa shape index (κ3) is 4.09. The maximum Gasteiger partial charge on any atom is 0.219 e. The highest BCUT2D eigenvalue weighted by molar-refractivity contribution is 5.74. The minimum atomic E-state index is 0.129. The molecule has 1 aromatic rings. The number of likely N-dealkylation sites (N-methyl/N-ethyl adjacent to an activating group) is 1. The molecular weight excluding hydrogens is 342 g/mol. The van der Waals surface area contributed by atoms with Gasteiger partial charge in [0.05, 0.1) is 18.8 Å². The Bertz CT molecular complexity index is 687. The second-order valence-corrected chi connectivity index (χ2v) is 8.08. The van der Waals surface area contributed by atoms with Crippen LogP contribution in [0.25, 0.3) is 0 Å². The van der Waals surface area contributed by atoms with Crippen molar-refractivity contribution in [2.24, 2.45) is 0 Å². The molecule has 7 heteroatoms. The predicted octanol–water partition coefficient (Wildman–Crippen LogP) is 1.42. The van der Waals surface area contributed by atoms with Gasteiger partial charge in [0.2, 0.25) is 5.91 Å². The number of piperidine rings is 1. The molecule has 0 radical (unpaired) electrons. The van der Waals surface area contributed by atoms with E-state index in [0.717, 1.165) is 88.1 Å². The summed E-state index contributed by atoms with van der Waals surface area (Å²) in [7, 11) is 2.18. The van der Waals surface area contributed by atoms with Crippen LogP contribution in [-0.4, -0.2) is 78.7 Å². The maximum absolute atomic E-state index is 11.9. The van der Waals surface area contributed by atoms with E-state index in [4.69, 9.17) is 14.7 Å². The molecule has 0 spiro atoms. The van der Waals surface area contributed by atoms with Gasteiger partial charge in [-0.25, -0.2) is 9.97 Å². The van der Waals surface area contributed by atoms with Gasteiger partial charge in [-0.1, -0.05) is 0 Å². The first-order chi connectivity index (χ1) is 13.1. The van der Waals surface area contributed by atoms with E-state index in [-0.39, 0.29) is 5.91 Å². The molecule has 148 valence electrons. The standard InChI is InChI=1S/C20H31N5O2/c1-15(26)25-9-6-18-17(14-25)20(24-8-4-11-27-12-10-24)22-19(21-18)16-5-3-7-23(2)13-16/h16H,3-14H2,1-2H3/t16-/m1/s1. The number of aromatic nitrogens is 2. The molecule has 27 heavy (non-hydrogen) atoms. The lowest BCUT2D eigenvalue weighted by Gasteiger charge is -2.34. The number of carbonyl (C=O) groups is 1. The fourth-order valence-corrected chi connectivity index (χ4v) is 4.46. The van der Waals surface area contributed by atoms with E-state index in [1.807, 2.05) is 4.90 Å². The molecule has 3 aliphatic heterocycles. The Labute approximate surface area is 161 Å². The molecule has 0 bridgehead atoms. The average molecular weight is 374 g/mol. The number of carbonyl (C=O) groups excluding carboxylic acids is 1. The van der Waals surface area contributed by atoms with E-state index in [9.17, 15) is 4.79 Å². The number of rotatable bonds is 2. The largest absolute Gasteiger partial charge is 0.380 e. The van der Waals surface area contributed by atoms with E-state index >= 15 is 0 Å². The summed E-state index contributed by atoms with van der Waals surface area (Å²) in [6, 6.07) is 0. The Balaban J connectivity index is 1.71.